The summed E-state index contributed by atoms with van der Waals surface area (Å²) in [5.41, 5.74) is 7.68. The Morgan fingerprint density at radius 2 is 1.76 bits per heavy atom. The third-order valence-electron chi connectivity index (χ3n) is 6.02. The summed E-state index contributed by atoms with van der Waals surface area (Å²) in [5, 5.41) is 17.2. The van der Waals surface area contributed by atoms with Gasteiger partial charge in [0.15, 0.2) is 5.84 Å². The number of nitrogens with zero attached hydrogens (tertiary/aromatic N) is 4. The van der Waals surface area contributed by atoms with Crippen molar-refractivity contribution in [2.75, 3.05) is 18.6 Å². The molecule has 220 valence electrons. The topological polar surface area (TPSA) is 132 Å². The average molecular weight is 605 g/mol. The number of halogens is 2. The highest BCUT2D eigenvalue weighted by Crippen LogP contribution is 2.33. The quantitative estimate of drug-likeness (QED) is 0.136. The van der Waals surface area contributed by atoms with Crippen LogP contribution in [0.15, 0.2) is 52.4 Å². The van der Waals surface area contributed by atoms with E-state index in [0.29, 0.717) is 22.5 Å². The number of hydrogen-bond donors (Lipinski definition) is 2. The highest BCUT2D eigenvalue weighted by molar-refractivity contribution is 6.36. The average Bonchev–Trinajstić information content (AvgIpc) is 2.89. The highest BCUT2D eigenvalue weighted by Gasteiger charge is 2.26. The van der Waals surface area contributed by atoms with Crippen molar-refractivity contribution in [2.24, 2.45) is 10.9 Å². The smallest absolute Gasteiger partial charge is 0.415 e. The van der Waals surface area contributed by atoms with Crippen LogP contribution in [0.5, 0.6) is 5.75 Å². The number of nitrogens with two attached hydrogens (primary N) is 1. The molecule has 0 atom stereocenters. The summed E-state index contributed by atoms with van der Waals surface area (Å²) < 4.78 is 12.1. The van der Waals surface area contributed by atoms with Crippen LogP contribution in [-0.2, 0) is 17.7 Å². The second-order valence-electron chi connectivity index (χ2n) is 10.8. The van der Waals surface area contributed by atoms with E-state index in [1.807, 2.05) is 38.1 Å². The van der Waals surface area contributed by atoms with Gasteiger partial charge in [0.1, 0.15) is 11.4 Å². The molecule has 0 aliphatic heterocycles. The zero-order chi connectivity index (χ0) is 30.5. The van der Waals surface area contributed by atoms with Crippen LogP contribution < -0.4 is 20.9 Å². The molecule has 0 aliphatic carbocycles. The molecule has 0 unspecified atom stereocenters. The van der Waals surface area contributed by atoms with Gasteiger partial charge < -0.3 is 20.4 Å². The van der Waals surface area contributed by atoms with Gasteiger partial charge >= 0.3 is 6.09 Å². The third-order valence-corrected chi connectivity index (χ3v) is 6.70. The normalized spacial score (nSPS) is 12.0. The number of carbonyl (C=O) groups excluding carboxylic acids is 1. The van der Waals surface area contributed by atoms with E-state index in [-0.39, 0.29) is 46.9 Å². The van der Waals surface area contributed by atoms with Crippen LogP contribution in [0.3, 0.4) is 0 Å². The lowest BCUT2D eigenvalue weighted by molar-refractivity contribution is 0.0585. The molecule has 3 N–H and O–H groups in total. The summed E-state index contributed by atoms with van der Waals surface area (Å²) in [7, 11) is 1.59. The standard InChI is InChI=1S/C29H35Cl2N5O5/c1-17(2)22-11-19(33-36(27(22)37)15-18-7-9-21(40-6)10-8-18)12-23-24(30)13-20(14-25(23)31)35(16-26(32)34-39)28(38)41-29(3,4)5/h7-11,13-14,17,39H,12,15-16H2,1-6H3,(H2,32,34). The first-order valence-electron chi connectivity index (χ1n) is 12.9. The SMILES string of the molecule is COc1ccc(Cn2nc(Cc3c(Cl)cc(N(C/C(N)=N/O)C(=O)OC(C)(C)C)cc3Cl)cc(C(C)C)c2=O)cc1. The van der Waals surface area contributed by atoms with Gasteiger partial charge in [0.05, 0.1) is 31.6 Å². The Hall–Kier alpha value is -3.76. The van der Waals surface area contributed by atoms with Crippen molar-refractivity contribution in [3.05, 3.63) is 85.2 Å². The van der Waals surface area contributed by atoms with E-state index in [2.05, 4.69) is 10.3 Å². The van der Waals surface area contributed by atoms with Gasteiger partial charge in [-0.1, -0.05) is 54.3 Å². The Bertz CT molecular complexity index is 1460. The highest BCUT2D eigenvalue weighted by atomic mass is 35.5. The zero-order valence-corrected chi connectivity index (χ0v) is 25.5. The molecule has 1 aromatic heterocycles. The Morgan fingerprint density at radius 3 is 2.27 bits per heavy atom. The summed E-state index contributed by atoms with van der Waals surface area (Å²) in [5.74, 6) is 0.465. The Labute approximate surface area is 249 Å². The molecule has 0 fully saturated rings. The molecule has 1 heterocycles. The van der Waals surface area contributed by atoms with E-state index in [9.17, 15) is 9.59 Å². The molecule has 0 aliphatic rings. The van der Waals surface area contributed by atoms with Crippen molar-refractivity contribution in [3.8, 4) is 5.75 Å². The second kappa shape index (κ2) is 13.3. The van der Waals surface area contributed by atoms with Gasteiger partial charge in [-0.25, -0.2) is 9.48 Å². The van der Waals surface area contributed by atoms with Crippen molar-refractivity contribution in [1.82, 2.24) is 9.78 Å². The Morgan fingerprint density at radius 1 is 1.15 bits per heavy atom. The lowest BCUT2D eigenvalue weighted by atomic mass is 10.0. The van der Waals surface area contributed by atoms with E-state index in [1.54, 1.807) is 46.1 Å². The number of amides is 1. The molecule has 1 amide bonds. The Kier molecular flexibility index (Phi) is 10.3. The monoisotopic (exact) mass is 603 g/mol. The van der Waals surface area contributed by atoms with Crippen molar-refractivity contribution in [2.45, 2.75) is 59.1 Å². The summed E-state index contributed by atoms with van der Waals surface area (Å²) >= 11 is 13.4. The van der Waals surface area contributed by atoms with E-state index in [0.717, 1.165) is 11.3 Å². The minimum atomic E-state index is -0.789. The Balaban J connectivity index is 2.00. The molecule has 10 nitrogen and oxygen atoms in total. The number of amidine groups is 1. The van der Waals surface area contributed by atoms with Crippen molar-refractivity contribution in [3.63, 3.8) is 0 Å². The van der Waals surface area contributed by atoms with Crippen molar-refractivity contribution in [1.29, 1.82) is 0 Å². The molecule has 0 spiro atoms. The van der Waals surface area contributed by atoms with Crippen LogP contribution in [0.4, 0.5) is 10.5 Å². The van der Waals surface area contributed by atoms with Crippen LogP contribution in [0.2, 0.25) is 10.0 Å². The lowest BCUT2D eigenvalue weighted by Crippen LogP contribution is -2.42. The number of carbonyl (C=O) groups is 1. The maximum atomic E-state index is 13.2. The number of anilines is 1. The molecule has 12 heteroatoms. The maximum Gasteiger partial charge on any atom is 0.415 e. The van der Waals surface area contributed by atoms with Crippen LogP contribution >= 0.6 is 23.2 Å². The number of ether oxygens (including phenoxy) is 2. The molecular weight excluding hydrogens is 569 g/mol. The van der Waals surface area contributed by atoms with E-state index >= 15 is 0 Å². The molecular formula is C29H35Cl2N5O5. The second-order valence-corrected chi connectivity index (χ2v) is 11.6. The first-order chi connectivity index (χ1) is 19.2. The fourth-order valence-electron chi connectivity index (χ4n) is 4.00. The van der Waals surface area contributed by atoms with Gasteiger partial charge in [-0.3, -0.25) is 9.69 Å². The first kappa shape index (κ1) is 31.8. The number of methoxy groups -OCH3 is 1. The summed E-state index contributed by atoms with van der Waals surface area (Å²) in [6.45, 7) is 9.08. The molecule has 2 aromatic carbocycles. The molecule has 3 rings (SSSR count). The van der Waals surface area contributed by atoms with Gasteiger partial charge in [-0.05, 0) is 68.1 Å². The molecule has 3 aromatic rings. The van der Waals surface area contributed by atoms with Gasteiger partial charge in [0.2, 0.25) is 0 Å². The third kappa shape index (κ3) is 8.37. The number of benzene rings is 2. The number of rotatable bonds is 9. The molecule has 0 bridgehead atoms. The molecule has 41 heavy (non-hydrogen) atoms. The van der Waals surface area contributed by atoms with Crippen LogP contribution in [0, 0.1) is 0 Å². The van der Waals surface area contributed by atoms with E-state index in [1.165, 1.54) is 9.58 Å². The zero-order valence-electron chi connectivity index (χ0n) is 23.9. The predicted molar refractivity (Wildman–Crippen MR) is 161 cm³/mol. The number of aromatic nitrogens is 2. The van der Waals surface area contributed by atoms with Crippen LogP contribution in [0.1, 0.15) is 62.9 Å². The fourth-order valence-corrected chi connectivity index (χ4v) is 4.61. The predicted octanol–water partition coefficient (Wildman–Crippen LogP) is 5.81. The summed E-state index contributed by atoms with van der Waals surface area (Å²) in [6, 6.07) is 12.3. The van der Waals surface area contributed by atoms with Gasteiger partial charge in [0, 0.05) is 22.0 Å². The summed E-state index contributed by atoms with van der Waals surface area (Å²) in [6.07, 6.45) is -0.495. The number of oxime groups is 1. The minimum absolute atomic E-state index is 0.0410. The van der Waals surface area contributed by atoms with Gasteiger partial charge in [-0.15, -0.1) is 0 Å². The van der Waals surface area contributed by atoms with Crippen molar-refractivity contribution < 1.29 is 19.5 Å². The largest absolute Gasteiger partial charge is 0.497 e. The maximum absolute atomic E-state index is 13.2. The summed E-state index contributed by atoms with van der Waals surface area (Å²) in [4.78, 5) is 27.3. The number of hydrogen-bond acceptors (Lipinski definition) is 7. The molecule has 0 radical (unpaired) electrons. The lowest BCUT2D eigenvalue weighted by Gasteiger charge is -2.27. The van der Waals surface area contributed by atoms with Crippen molar-refractivity contribution >= 4 is 40.8 Å². The van der Waals surface area contributed by atoms with E-state index < -0.39 is 11.7 Å². The fraction of sp³-hybridized carbons (Fsp3) is 0.379. The van der Waals surface area contributed by atoms with Crippen LogP contribution in [0.25, 0.3) is 0 Å². The van der Waals surface area contributed by atoms with Gasteiger partial charge in [-0.2, -0.15) is 5.10 Å². The first-order valence-corrected chi connectivity index (χ1v) is 13.7. The van der Waals surface area contributed by atoms with Gasteiger partial charge in [0.25, 0.3) is 5.56 Å². The van der Waals surface area contributed by atoms with Crippen LogP contribution in [-0.4, -0.2) is 46.2 Å². The molecule has 0 saturated heterocycles. The molecule has 0 saturated carbocycles. The van der Waals surface area contributed by atoms with E-state index in [4.69, 9.17) is 43.6 Å². The minimum Gasteiger partial charge on any atom is -0.497 e.